The van der Waals surface area contributed by atoms with Crippen molar-refractivity contribution in [2.45, 2.75) is 38.6 Å². The van der Waals surface area contributed by atoms with Crippen molar-refractivity contribution in [1.29, 1.82) is 0 Å². The van der Waals surface area contributed by atoms with Crippen LogP contribution in [0.2, 0.25) is 0 Å². The van der Waals surface area contributed by atoms with Gasteiger partial charge in [-0.05, 0) is 26.4 Å². The zero-order valence-electron chi connectivity index (χ0n) is 11.1. The van der Waals surface area contributed by atoms with Gasteiger partial charge < -0.3 is 21.7 Å². The summed E-state index contributed by atoms with van der Waals surface area (Å²) >= 11 is 0. The molecular formula is C11H25ClN4O2. The Morgan fingerprint density at radius 3 is 2.39 bits per heavy atom. The lowest BCUT2D eigenvalue weighted by atomic mass is 10.1. The molecule has 0 radical (unpaired) electrons. The molecule has 0 fully saturated rings. The molecule has 7 heteroatoms. The van der Waals surface area contributed by atoms with E-state index in [0.29, 0.717) is 13.0 Å². The van der Waals surface area contributed by atoms with Crippen LogP contribution in [0.3, 0.4) is 0 Å². The highest BCUT2D eigenvalue weighted by atomic mass is 35.5. The molecular weight excluding hydrogens is 256 g/mol. The second kappa shape index (κ2) is 12.4. The zero-order chi connectivity index (χ0) is 13.1. The third kappa shape index (κ3) is 10.2. The van der Waals surface area contributed by atoms with E-state index in [0.717, 1.165) is 25.8 Å². The normalized spacial score (nSPS) is 11.2. The van der Waals surface area contributed by atoms with Gasteiger partial charge in [-0.15, -0.1) is 12.4 Å². The van der Waals surface area contributed by atoms with Gasteiger partial charge >= 0.3 is 6.03 Å². The summed E-state index contributed by atoms with van der Waals surface area (Å²) in [6.07, 6.45) is 3.34. The topological polar surface area (TPSA) is 96.2 Å². The van der Waals surface area contributed by atoms with Gasteiger partial charge in [-0.3, -0.25) is 4.79 Å². The molecule has 5 N–H and O–H groups in total. The number of carbonyl (C=O) groups is 2. The maximum atomic E-state index is 11.7. The maximum Gasteiger partial charge on any atom is 0.312 e. The number of nitrogens with two attached hydrogens (primary N) is 1. The molecule has 0 aliphatic heterocycles. The average Bonchev–Trinajstić information content (AvgIpc) is 2.29. The molecule has 18 heavy (non-hydrogen) atoms. The molecule has 1 unspecified atom stereocenters. The van der Waals surface area contributed by atoms with Crippen LogP contribution in [0.25, 0.3) is 0 Å². The predicted octanol–water partition coefficient (Wildman–Crippen LogP) is 0.361. The van der Waals surface area contributed by atoms with Gasteiger partial charge in [0.25, 0.3) is 0 Å². The molecule has 3 amide bonds. The van der Waals surface area contributed by atoms with Crippen molar-refractivity contribution in [3.63, 3.8) is 0 Å². The Morgan fingerprint density at radius 1 is 1.22 bits per heavy atom. The lowest BCUT2D eigenvalue weighted by molar-refractivity contribution is -0.123. The number of halogens is 1. The van der Waals surface area contributed by atoms with Crippen molar-refractivity contribution < 1.29 is 9.59 Å². The average molecular weight is 281 g/mol. The first-order valence-electron chi connectivity index (χ1n) is 6.10. The second-order valence-corrected chi connectivity index (χ2v) is 3.95. The van der Waals surface area contributed by atoms with E-state index in [1.54, 1.807) is 0 Å². The summed E-state index contributed by atoms with van der Waals surface area (Å²) in [4.78, 5) is 22.5. The van der Waals surface area contributed by atoms with Crippen molar-refractivity contribution in [2.24, 2.45) is 5.73 Å². The SMILES string of the molecule is CCCCC(NC(N)=O)C(=O)NCCCNC.Cl. The van der Waals surface area contributed by atoms with Gasteiger partial charge in [-0.1, -0.05) is 19.8 Å². The van der Waals surface area contributed by atoms with Gasteiger partial charge in [-0.25, -0.2) is 4.79 Å². The van der Waals surface area contributed by atoms with Crippen LogP contribution >= 0.6 is 12.4 Å². The van der Waals surface area contributed by atoms with E-state index in [1.807, 2.05) is 14.0 Å². The standard InChI is InChI=1S/C11H24N4O2.ClH/c1-3-4-6-9(15-11(12)17)10(16)14-8-5-7-13-2;/h9,13H,3-8H2,1-2H3,(H,14,16)(H3,12,15,17);1H. The number of urea groups is 1. The summed E-state index contributed by atoms with van der Waals surface area (Å²) in [7, 11) is 1.86. The van der Waals surface area contributed by atoms with Crippen LogP contribution in [-0.4, -0.2) is 38.1 Å². The van der Waals surface area contributed by atoms with Crippen LogP contribution in [0.5, 0.6) is 0 Å². The lowest BCUT2D eigenvalue weighted by Gasteiger charge is -2.16. The fourth-order valence-electron chi connectivity index (χ4n) is 1.45. The largest absolute Gasteiger partial charge is 0.354 e. The van der Waals surface area contributed by atoms with Crippen LogP contribution in [0.15, 0.2) is 0 Å². The molecule has 0 aromatic rings. The number of hydrogen-bond acceptors (Lipinski definition) is 3. The van der Waals surface area contributed by atoms with Gasteiger partial charge in [0.1, 0.15) is 6.04 Å². The van der Waals surface area contributed by atoms with E-state index < -0.39 is 12.1 Å². The van der Waals surface area contributed by atoms with E-state index in [2.05, 4.69) is 16.0 Å². The second-order valence-electron chi connectivity index (χ2n) is 3.95. The fraction of sp³-hybridized carbons (Fsp3) is 0.818. The van der Waals surface area contributed by atoms with E-state index in [4.69, 9.17) is 5.73 Å². The van der Waals surface area contributed by atoms with Gasteiger partial charge in [0.2, 0.25) is 5.91 Å². The predicted molar refractivity (Wildman–Crippen MR) is 74.8 cm³/mol. The first-order valence-corrected chi connectivity index (χ1v) is 6.10. The summed E-state index contributed by atoms with van der Waals surface area (Å²) < 4.78 is 0. The smallest absolute Gasteiger partial charge is 0.312 e. The van der Waals surface area contributed by atoms with Crippen LogP contribution in [0.1, 0.15) is 32.6 Å². The number of unbranched alkanes of at least 4 members (excludes halogenated alkanes) is 1. The summed E-state index contributed by atoms with van der Waals surface area (Å²) in [5.41, 5.74) is 5.04. The van der Waals surface area contributed by atoms with Crippen LogP contribution in [-0.2, 0) is 4.79 Å². The third-order valence-corrected chi connectivity index (χ3v) is 2.38. The molecule has 108 valence electrons. The monoisotopic (exact) mass is 280 g/mol. The zero-order valence-corrected chi connectivity index (χ0v) is 11.9. The van der Waals surface area contributed by atoms with Crippen molar-refractivity contribution in [1.82, 2.24) is 16.0 Å². The van der Waals surface area contributed by atoms with Crippen molar-refractivity contribution in [3.05, 3.63) is 0 Å². The summed E-state index contributed by atoms with van der Waals surface area (Å²) in [6.45, 7) is 3.48. The summed E-state index contributed by atoms with van der Waals surface area (Å²) in [5, 5.41) is 8.25. The van der Waals surface area contributed by atoms with E-state index in [9.17, 15) is 9.59 Å². The molecule has 0 saturated carbocycles. The first-order chi connectivity index (χ1) is 8.11. The van der Waals surface area contributed by atoms with Crippen LogP contribution in [0.4, 0.5) is 4.79 Å². The fourth-order valence-corrected chi connectivity index (χ4v) is 1.45. The first kappa shape index (κ1) is 19.3. The van der Waals surface area contributed by atoms with E-state index in [1.165, 1.54) is 0 Å². The number of rotatable bonds is 9. The van der Waals surface area contributed by atoms with Crippen LogP contribution < -0.4 is 21.7 Å². The Kier molecular flexibility index (Phi) is 13.4. The number of nitrogens with one attached hydrogen (secondary N) is 3. The Morgan fingerprint density at radius 2 is 1.89 bits per heavy atom. The molecule has 0 aliphatic rings. The highest BCUT2D eigenvalue weighted by molar-refractivity contribution is 5.86. The Hall–Kier alpha value is -1.01. The van der Waals surface area contributed by atoms with Gasteiger partial charge in [-0.2, -0.15) is 0 Å². The van der Waals surface area contributed by atoms with Gasteiger partial charge in [0, 0.05) is 6.54 Å². The molecule has 0 aromatic heterocycles. The summed E-state index contributed by atoms with van der Waals surface area (Å²) in [5.74, 6) is -0.159. The molecule has 6 nitrogen and oxygen atoms in total. The Bertz CT molecular complexity index is 239. The molecule has 0 spiro atoms. The molecule has 0 aliphatic carbocycles. The molecule has 0 bridgehead atoms. The Balaban J connectivity index is 0. The van der Waals surface area contributed by atoms with Crippen LogP contribution in [0, 0.1) is 0 Å². The number of carbonyl (C=O) groups excluding carboxylic acids is 2. The number of hydrogen-bond donors (Lipinski definition) is 4. The van der Waals surface area contributed by atoms with E-state index in [-0.39, 0.29) is 18.3 Å². The van der Waals surface area contributed by atoms with Crippen molar-refractivity contribution in [3.8, 4) is 0 Å². The molecule has 0 rings (SSSR count). The minimum Gasteiger partial charge on any atom is -0.354 e. The molecule has 1 atom stereocenters. The van der Waals surface area contributed by atoms with E-state index >= 15 is 0 Å². The van der Waals surface area contributed by atoms with Crippen molar-refractivity contribution >= 4 is 24.3 Å². The minimum atomic E-state index is -0.656. The van der Waals surface area contributed by atoms with Gasteiger partial charge in [0.15, 0.2) is 0 Å². The van der Waals surface area contributed by atoms with Crippen molar-refractivity contribution in [2.75, 3.05) is 20.1 Å². The highest BCUT2D eigenvalue weighted by Gasteiger charge is 2.18. The Labute approximate surface area is 115 Å². The lowest BCUT2D eigenvalue weighted by Crippen LogP contribution is -2.48. The molecule has 0 heterocycles. The number of primary amides is 1. The molecule has 0 aromatic carbocycles. The quantitative estimate of drug-likeness (QED) is 0.459. The summed E-state index contributed by atoms with van der Waals surface area (Å²) in [6, 6.07) is -1.17. The third-order valence-electron chi connectivity index (χ3n) is 2.38. The number of amides is 3. The minimum absolute atomic E-state index is 0. The molecule has 0 saturated heterocycles. The highest BCUT2D eigenvalue weighted by Crippen LogP contribution is 2.00. The maximum absolute atomic E-state index is 11.7. The van der Waals surface area contributed by atoms with Gasteiger partial charge in [0.05, 0.1) is 0 Å².